The maximum atomic E-state index is 12.3. The first kappa shape index (κ1) is 9.97. The van der Waals surface area contributed by atoms with Crippen molar-refractivity contribution in [3.63, 3.8) is 0 Å². The van der Waals surface area contributed by atoms with E-state index in [1.54, 1.807) is 36.4 Å². The van der Waals surface area contributed by atoms with Crippen LogP contribution in [0.5, 0.6) is 0 Å². The molecule has 82 valence electrons. The van der Waals surface area contributed by atoms with E-state index in [2.05, 4.69) is 0 Å². The van der Waals surface area contributed by atoms with Gasteiger partial charge in [-0.15, -0.1) is 0 Å². The number of rotatable bonds is 0. The summed E-state index contributed by atoms with van der Waals surface area (Å²) in [4.78, 5) is 24.3. The lowest BCUT2D eigenvalue weighted by Gasteiger charge is -2.09. The summed E-state index contributed by atoms with van der Waals surface area (Å²) in [5, 5.41) is 0. The third kappa shape index (κ3) is 1.49. The van der Waals surface area contributed by atoms with Crippen LogP contribution in [0.2, 0.25) is 0 Å². The number of hydrogen-bond donors (Lipinski definition) is 0. The SMILES string of the molecule is O=C1C=C2CC=CC=C2C(=O)c2ccccc21. The van der Waals surface area contributed by atoms with Gasteiger partial charge in [-0.05, 0) is 18.1 Å². The van der Waals surface area contributed by atoms with Gasteiger partial charge >= 0.3 is 0 Å². The predicted molar refractivity (Wildman–Crippen MR) is 65.0 cm³/mol. The Morgan fingerprint density at radius 2 is 1.76 bits per heavy atom. The molecule has 0 aromatic heterocycles. The molecule has 0 radical (unpaired) electrons. The van der Waals surface area contributed by atoms with Gasteiger partial charge in [-0.3, -0.25) is 9.59 Å². The van der Waals surface area contributed by atoms with Crippen molar-refractivity contribution in [2.45, 2.75) is 6.42 Å². The van der Waals surface area contributed by atoms with E-state index in [-0.39, 0.29) is 11.6 Å². The molecule has 17 heavy (non-hydrogen) atoms. The Balaban J connectivity index is 2.28. The second-order valence-corrected chi connectivity index (χ2v) is 4.12. The Bertz CT molecular complexity index is 616. The Hall–Kier alpha value is -2.22. The number of ketones is 2. The van der Waals surface area contributed by atoms with Crippen LogP contribution in [0.3, 0.4) is 0 Å². The summed E-state index contributed by atoms with van der Waals surface area (Å²) in [7, 11) is 0. The second-order valence-electron chi connectivity index (χ2n) is 4.12. The topological polar surface area (TPSA) is 34.1 Å². The first-order valence-corrected chi connectivity index (χ1v) is 5.53. The average molecular weight is 222 g/mol. The van der Waals surface area contributed by atoms with E-state index < -0.39 is 0 Å². The van der Waals surface area contributed by atoms with Crippen molar-refractivity contribution < 1.29 is 9.59 Å². The van der Waals surface area contributed by atoms with Gasteiger partial charge < -0.3 is 0 Å². The van der Waals surface area contributed by atoms with Gasteiger partial charge in [0.15, 0.2) is 11.6 Å². The van der Waals surface area contributed by atoms with Crippen molar-refractivity contribution in [1.29, 1.82) is 0 Å². The molecule has 2 aliphatic carbocycles. The van der Waals surface area contributed by atoms with E-state index in [9.17, 15) is 9.59 Å². The predicted octanol–water partition coefficient (Wildman–Crippen LogP) is 2.88. The Morgan fingerprint density at radius 1 is 1.00 bits per heavy atom. The number of fused-ring (bicyclic) bond motifs is 2. The van der Waals surface area contributed by atoms with E-state index in [0.29, 0.717) is 23.1 Å². The molecule has 3 rings (SSSR count). The molecule has 2 nitrogen and oxygen atoms in total. The molecule has 0 unspecified atom stereocenters. The van der Waals surface area contributed by atoms with Crippen LogP contribution in [0.25, 0.3) is 0 Å². The first-order chi connectivity index (χ1) is 8.27. The van der Waals surface area contributed by atoms with Gasteiger partial charge in [-0.25, -0.2) is 0 Å². The van der Waals surface area contributed by atoms with Crippen LogP contribution in [-0.4, -0.2) is 11.6 Å². The quantitative estimate of drug-likeness (QED) is 0.676. The van der Waals surface area contributed by atoms with E-state index in [4.69, 9.17) is 0 Å². The molecule has 0 saturated carbocycles. The molecule has 0 heterocycles. The van der Waals surface area contributed by atoms with Crippen molar-refractivity contribution >= 4 is 11.6 Å². The number of allylic oxidation sites excluding steroid dienone is 6. The highest BCUT2D eigenvalue weighted by molar-refractivity contribution is 6.22. The van der Waals surface area contributed by atoms with Crippen LogP contribution in [0.1, 0.15) is 27.1 Å². The zero-order valence-corrected chi connectivity index (χ0v) is 9.14. The second kappa shape index (κ2) is 3.67. The fraction of sp³-hybridized carbons (Fsp3) is 0.0667. The van der Waals surface area contributed by atoms with Gasteiger partial charge in [0.2, 0.25) is 0 Å². The summed E-state index contributed by atoms with van der Waals surface area (Å²) in [5.41, 5.74) is 2.47. The molecule has 0 N–H and O–H groups in total. The van der Waals surface area contributed by atoms with E-state index >= 15 is 0 Å². The molecule has 0 amide bonds. The average Bonchev–Trinajstić information content (AvgIpc) is 2.48. The summed E-state index contributed by atoms with van der Waals surface area (Å²) in [6, 6.07) is 6.99. The lowest BCUT2D eigenvalue weighted by atomic mass is 9.93. The smallest absolute Gasteiger partial charge is 0.194 e. The molecule has 1 aromatic rings. The Labute approximate surface area is 99.0 Å². The standard InChI is InChI=1S/C15H10O2/c16-14-9-10-5-1-2-6-11(10)15(17)13-8-4-3-7-12(13)14/h1-4,6-9H,5H2. The maximum Gasteiger partial charge on any atom is 0.194 e. The lowest BCUT2D eigenvalue weighted by molar-refractivity contribution is 0.101. The fourth-order valence-electron chi connectivity index (χ4n) is 2.21. The van der Waals surface area contributed by atoms with Crippen molar-refractivity contribution in [1.82, 2.24) is 0 Å². The highest BCUT2D eigenvalue weighted by Crippen LogP contribution is 2.28. The van der Waals surface area contributed by atoms with Gasteiger partial charge in [-0.2, -0.15) is 0 Å². The minimum atomic E-state index is -0.0809. The highest BCUT2D eigenvalue weighted by Gasteiger charge is 2.25. The molecule has 1 aromatic carbocycles. The minimum Gasteiger partial charge on any atom is -0.289 e. The molecule has 0 saturated heterocycles. The molecule has 0 spiro atoms. The first-order valence-electron chi connectivity index (χ1n) is 5.53. The van der Waals surface area contributed by atoms with Gasteiger partial charge in [0.05, 0.1) is 0 Å². The molecule has 2 aliphatic rings. The van der Waals surface area contributed by atoms with Crippen molar-refractivity contribution in [3.05, 3.63) is 70.8 Å². The third-order valence-corrected chi connectivity index (χ3v) is 3.07. The largest absolute Gasteiger partial charge is 0.289 e. The Morgan fingerprint density at radius 3 is 2.59 bits per heavy atom. The van der Waals surface area contributed by atoms with Gasteiger partial charge in [0.1, 0.15) is 0 Å². The van der Waals surface area contributed by atoms with Crippen LogP contribution in [0, 0.1) is 0 Å². The number of carbonyl (C=O) groups excluding carboxylic acids is 2. The number of benzene rings is 1. The van der Waals surface area contributed by atoms with Crippen molar-refractivity contribution in [2.75, 3.05) is 0 Å². The molecule has 0 fully saturated rings. The summed E-state index contributed by atoms with van der Waals surface area (Å²) >= 11 is 0. The summed E-state index contributed by atoms with van der Waals surface area (Å²) in [6.07, 6.45) is 7.83. The van der Waals surface area contributed by atoms with E-state index in [0.717, 1.165) is 5.57 Å². The van der Waals surface area contributed by atoms with Crippen LogP contribution < -0.4 is 0 Å². The molecular formula is C15H10O2. The number of hydrogen-bond acceptors (Lipinski definition) is 2. The van der Waals surface area contributed by atoms with E-state index in [1.165, 1.54) is 0 Å². The molecule has 0 aliphatic heterocycles. The van der Waals surface area contributed by atoms with Gasteiger partial charge in [0, 0.05) is 16.7 Å². The van der Waals surface area contributed by atoms with Crippen LogP contribution >= 0.6 is 0 Å². The van der Waals surface area contributed by atoms with Gasteiger partial charge in [-0.1, -0.05) is 42.5 Å². The highest BCUT2D eigenvalue weighted by atomic mass is 16.1. The summed E-state index contributed by atoms with van der Waals surface area (Å²) in [5.74, 6) is -0.135. The van der Waals surface area contributed by atoms with Crippen molar-refractivity contribution in [3.8, 4) is 0 Å². The number of carbonyl (C=O) groups is 2. The molecule has 2 heteroatoms. The zero-order valence-electron chi connectivity index (χ0n) is 9.14. The van der Waals surface area contributed by atoms with Crippen LogP contribution in [0.15, 0.2) is 59.7 Å². The van der Waals surface area contributed by atoms with E-state index in [1.807, 2.05) is 12.2 Å². The number of Topliss-reactive ketones (excluding diaryl/α,β-unsaturated/α-hetero) is 1. The summed E-state index contributed by atoms with van der Waals surface area (Å²) < 4.78 is 0. The summed E-state index contributed by atoms with van der Waals surface area (Å²) in [6.45, 7) is 0. The molecular weight excluding hydrogens is 212 g/mol. The minimum absolute atomic E-state index is 0.0537. The normalized spacial score (nSPS) is 17.9. The third-order valence-electron chi connectivity index (χ3n) is 3.07. The van der Waals surface area contributed by atoms with Crippen molar-refractivity contribution in [2.24, 2.45) is 0 Å². The Kier molecular flexibility index (Phi) is 2.15. The van der Waals surface area contributed by atoms with Crippen LogP contribution in [0.4, 0.5) is 0 Å². The monoisotopic (exact) mass is 222 g/mol. The lowest BCUT2D eigenvalue weighted by Crippen LogP contribution is -2.07. The molecule has 0 bridgehead atoms. The zero-order chi connectivity index (χ0) is 11.8. The fourth-order valence-corrected chi connectivity index (χ4v) is 2.21. The van der Waals surface area contributed by atoms with Gasteiger partial charge in [0.25, 0.3) is 0 Å². The molecule has 0 atom stereocenters. The maximum absolute atomic E-state index is 12.3. The van der Waals surface area contributed by atoms with Crippen LogP contribution in [-0.2, 0) is 0 Å².